The summed E-state index contributed by atoms with van der Waals surface area (Å²) in [6.07, 6.45) is 0. The number of primary sulfonamides is 2. The van der Waals surface area contributed by atoms with Crippen LogP contribution in [0.1, 0.15) is 0 Å². The van der Waals surface area contributed by atoms with Crippen molar-refractivity contribution in [2.75, 3.05) is 5.08 Å². The Kier molecular flexibility index (Phi) is 2.17. The van der Waals surface area contributed by atoms with E-state index in [9.17, 15) is 16.8 Å². The topological polar surface area (TPSA) is 120 Å². The lowest BCUT2D eigenvalue weighted by Gasteiger charge is -1.91. The van der Waals surface area contributed by atoms with E-state index < -0.39 is 25.1 Å². The first-order chi connectivity index (χ1) is 3.71. The molecular formula is CH6N2O4S2. The van der Waals surface area contributed by atoms with E-state index in [1.165, 1.54) is 0 Å². The van der Waals surface area contributed by atoms with E-state index >= 15 is 0 Å². The zero-order valence-electron chi connectivity index (χ0n) is 4.31. The fourth-order valence-electron chi connectivity index (χ4n) is 0.229. The summed E-state index contributed by atoms with van der Waals surface area (Å²) in [7, 11) is -7.99. The largest absolute Gasteiger partial charge is 0.228 e. The Morgan fingerprint density at radius 3 is 1.11 bits per heavy atom. The van der Waals surface area contributed by atoms with Crippen LogP contribution >= 0.6 is 0 Å². The van der Waals surface area contributed by atoms with Gasteiger partial charge in [-0.2, -0.15) is 0 Å². The van der Waals surface area contributed by atoms with Gasteiger partial charge in [-0.3, -0.25) is 0 Å². The Labute approximate surface area is 52.9 Å². The quantitative estimate of drug-likeness (QED) is 0.481. The minimum absolute atomic E-state index is 1.21. The molecule has 4 N–H and O–H groups in total. The van der Waals surface area contributed by atoms with E-state index in [0.29, 0.717) is 0 Å². The summed E-state index contributed by atoms with van der Waals surface area (Å²) in [6, 6.07) is 0. The fraction of sp³-hybridized carbons (Fsp3) is 1.00. The van der Waals surface area contributed by atoms with Crippen LogP contribution in [0.15, 0.2) is 0 Å². The maximum atomic E-state index is 9.97. The Morgan fingerprint density at radius 2 is 1.11 bits per heavy atom. The van der Waals surface area contributed by atoms with Gasteiger partial charge in [0, 0.05) is 0 Å². The first-order valence-corrected chi connectivity index (χ1v) is 5.15. The summed E-state index contributed by atoms with van der Waals surface area (Å²) in [5, 5.41) is 7.46. The van der Waals surface area contributed by atoms with Gasteiger partial charge in [0.05, 0.1) is 0 Å². The summed E-state index contributed by atoms with van der Waals surface area (Å²) in [5.41, 5.74) is 0. The molecule has 0 aromatic rings. The van der Waals surface area contributed by atoms with Crippen molar-refractivity contribution in [3.05, 3.63) is 0 Å². The van der Waals surface area contributed by atoms with Crippen LogP contribution in [0.3, 0.4) is 0 Å². The van der Waals surface area contributed by atoms with E-state index in [4.69, 9.17) is 0 Å². The van der Waals surface area contributed by atoms with Gasteiger partial charge in [-0.1, -0.05) is 0 Å². The molecule has 0 saturated heterocycles. The Morgan fingerprint density at radius 1 is 0.889 bits per heavy atom. The summed E-state index contributed by atoms with van der Waals surface area (Å²) < 4.78 is 39.9. The maximum absolute atomic E-state index is 9.97. The SMILES string of the molecule is NS(=O)(=O)CS(N)(=O)=O. The van der Waals surface area contributed by atoms with Gasteiger partial charge < -0.3 is 0 Å². The smallest absolute Gasteiger partial charge is 0.224 e. The fourth-order valence-corrected chi connectivity index (χ4v) is 2.06. The highest BCUT2D eigenvalue weighted by atomic mass is 32.3. The molecule has 0 aliphatic rings. The molecule has 0 aliphatic carbocycles. The van der Waals surface area contributed by atoms with Crippen molar-refractivity contribution in [1.82, 2.24) is 0 Å². The van der Waals surface area contributed by atoms with Crippen molar-refractivity contribution in [3.63, 3.8) is 0 Å². The van der Waals surface area contributed by atoms with Gasteiger partial charge >= 0.3 is 0 Å². The molecule has 0 fully saturated rings. The van der Waals surface area contributed by atoms with Gasteiger partial charge in [-0.15, -0.1) is 0 Å². The highest BCUT2D eigenvalue weighted by molar-refractivity contribution is 8.05. The van der Waals surface area contributed by atoms with Crippen LogP contribution in [0.2, 0.25) is 0 Å². The molecule has 0 unspecified atom stereocenters. The van der Waals surface area contributed by atoms with Gasteiger partial charge in [0.25, 0.3) is 0 Å². The van der Waals surface area contributed by atoms with Crippen LogP contribution in [0.25, 0.3) is 0 Å². The molecule has 56 valence electrons. The van der Waals surface area contributed by atoms with Crippen molar-refractivity contribution in [2.24, 2.45) is 10.3 Å². The van der Waals surface area contributed by atoms with Gasteiger partial charge in [-0.25, -0.2) is 27.1 Å². The Balaban J connectivity index is 4.46. The van der Waals surface area contributed by atoms with Crippen molar-refractivity contribution in [1.29, 1.82) is 0 Å². The summed E-state index contributed by atoms with van der Waals surface area (Å²) in [6.45, 7) is 0. The number of hydrogen-bond acceptors (Lipinski definition) is 4. The predicted molar refractivity (Wildman–Crippen MR) is 31.1 cm³/mol. The van der Waals surface area contributed by atoms with E-state index in [0.717, 1.165) is 0 Å². The highest BCUT2D eigenvalue weighted by Crippen LogP contribution is 1.81. The lowest BCUT2D eigenvalue weighted by Crippen LogP contribution is -2.27. The molecule has 8 heteroatoms. The van der Waals surface area contributed by atoms with Gasteiger partial charge in [-0.05, 0) is 0 Å². The van der Waals surface area contributed by atoms with Crippen LogP contribution in [0, 0.1) is 0 Å². The lowest BCUT2D eigenvalue weighted by molar-refractivity contribution is 0.591. The summed E-state index contributed by atoms with van der Waals surface area (Å²) in [5.74, 6) is 0. The molecule has 9 heavy (non-hydrogen) atoms. The molecule has 0 amide bonds. The third-order valence-corrected chi connectivity index (χ3v) is 2.96. The summed E-state index contributed by atoms with van der Waals surface area (Å²) >= 11 is 0. The second-order valence-corrected chi connectivity index (χ2v) is 5.04. The number of nitrogens with two attached hydrogens (primary N) is 2. The zero-order chi connectivity index (χ0) is 7.71. The molecule has 0 heterocycles. The van der Waals surface area contributed by atoms with Crippen molar-refractivity contribution >= 4 is 20.0 Å². The van der Waals surface area contributed by atoms with Crippen molar-refractivity contribution in [3.8, 4) is 0 Å². The summed E-state index contributed by atoms with van der Waals surface area (Å²) in [4.78, 5) is 0. The van der Waals surface area contributed by atoms with E-state index in [1.54, 1.807) is 0 Å². The molecule has 0 saturated carbocycles. The molecule has 0 rings (SSSR count). The first-order valence-electron chi connectivity index (χ1n) is 1.72. The number of rotatable bonds is 2. The standard InChI is InChI=1S/CH6N2O4S2/c2-8(4,5)1-9(3,6)7/h1H2,(H2,2,4,5)(H2,3,6,7). The number of hydrogen-bond donors (Lipinski definition) is 2. The van der Waals surface area contributed by atoms with E-state index in [2.05, 4.69) is 10.3 Å². The minimum atomic E-state index is -3.99. The third-order valence-electron chi connectivity index (χ3n) is 0.329. The zero-order valence-corrected chi connectivity index (χ0v) is 5.94. The molecule has 0 aromatic heterocycles. The average Bonchev–Trinajstić information content (AvgIpc) is 1.14. The molecule has 0 bridgehead atoms. The van der Waals surface area contributed by atoms with E-state index in [1.807, 2.05) is 0 Å². The van der Waals surface area contributed by atoms with Crippen LogP contribution in [-0.4, -0.2) is 21.9 Å². The van der Waals surface area contributed by atoms with Crippen LogP contribution < -0.4 is 10.3 Å². The Bertz CT molecular complexity index is 242. The molecule has 0 spiro atoms. The van der Waals surface area contributed by atoms with Crippen molar-refractivity contribution < 1.29 is 16.8 Å². The second kappa shape index (κ2) is 2.21. The van der Waals surface area contributed by atoms with Gasteiger partial charge in [0.2, 0.25) is 20.0 Å². The van der Waals surface area contributed by atoms with Crippen LogP contribution in [0.4, 0.5) is 0 Å². The van der Waals surface area contributed by atoms with Gasteiger partial charge in [0.1, 0.15) is 0 Å². The van der Waals surface area contributed by atoms with E-state index in [-0.39, 0.29) is 0 Å². The predicted octanol–water partition coefficient (Wildman–Crippen LogP) is -2.48. The molecule has 0 aliphatic heterocycles. The number of sulfonamides is 2. The van der Waals surface area contributed by atoms with Crippen LogP contribution in [0.5, 0.6) is 0 Å². The normalized spacial score (nSPS) is 13.6. The minimum Gasteiger partial charge on any atom is -0.228 e. The average molecular weight is 174 g/mol. The van der Waals surface area contributed by atoms with Gasteiger partial charge in [0.15, 0.2) is 5.08 Å². The first kappa shape index (κ1) is 8.82. The highest BCUT2D eigenvalue weighted by Gasteiger charge is 2.12. The Hall–Kier alpha value is -0.180. The lowest BCUT2D eigenvalue weighted by atomic mass is 11.9. The molecular weight excluding hydrogens is 168 g/mol. The molecule has 0 radical (unpaired) electrons. The van der Waals surface area contributed by atoms with Crippen LogP contribution in [-0.2, 0) is 20.0 Å². The van der Waals surface area contributed by atoms with Crippen molar-refractivity contribution in [2.45, 2.75) is 0 Å². The second-order valence-electron chi connectivity index (χ2n) is 1.44. The molecule has 0 atom stereocenters. The molecule has 6 nitrogen and oxygen atoms in total. The monoisotopic (exact) mass is 174 g/mol. The maximum Gasteiger partial charge on any atom is 0.224 e. The molecule has 0 aromatic carbocycles. The third kappa shape index (κ3) is 7.82.